The Bertz CT molecular complexity index is 1320. The molecular formula is C28H26N4O3. The first-order chi connectivity index (χ1) is 17.2. The Labute approximate surface area is 204 Å². The number of hydrogen-bond donors (Lipinski definition) is 0. The number of hydrazone groups is 1. The number of methoxy groups -OCH3 is 3. The predicted octanol–water partition coefficient (Wildman–Crippen LogP) is 5.53. The molecule has 7 heteroatoms. The van der Waals surface area contributed by atoms with Crippen molar-refractivity contribution in [2.75, 3.05) is 26.3 Å². The van der Waals surface area contributed by atoms with Crippen molar-refractivity contribution >= 4 is 11.5 Å². The number of benzene rings is 3. The lowest BCUT2D eigenvalue weighted by Crippen LogP contribution is -2.20. The minimum absolute atomic E-state index is 0.121. The highest BCUT2D eigenvalue weighted by molar-refractivity contribution is 6.03. The zero-order chi connectivity index (χ0) is 24.2. The van der Waals surface area contributed by atoms with Crippen molar-refractivity contribution in [1.29, 1.82) is 0 Å². The van der Waals surface area contributed by atoms with Crippen LogP contribution in [0.5, 0.6) is 17.2 Å². The first-order valence-electron chi connectivity index (χ1n) is 11.3. The molecule has 0 spiro atoms. The van der Waals surface area contributed by atoms with E-state index in [-0.39, 0.29) is 6.04 Å². The van der Waals surface area contributed by atoms with E-state index in [0.717, 1.165) is 45.3 Å². The van der Waals surface area contributed by atoms with Gasteiger partial charge in [0, 0.05) is 23.6 Å². The fraction of sp³-hybridized carbons (Fsp3) is 0.179. The van der Waals surface area contributed by atoms with Crippen molar-refractivity contribution in [3.63, 3.8) is 0 Å². The zero-order valence-corrected chi connectivity index (χ0v) is 19.9. The summed E-state index contributed by atoms with van der Waals surface area (Å²) >= 11 is 0. The third kappa shape index (κ3) is 4.53. The van der Waals surface area contributed by atoms with Crippen LogP contribution >= 0.6 is 0 Å². The Morgan fingerprint density at radius 1 is 0.714 bits per heavy atom. The lowest BCUT2D eigenvalue weighted by atomic mass is 9.97. The second-order valence-electron chi connectivity index (χ2n) is 8.09. The molecule has 0 radical (unpaired) electrons. The van der Waals surface area contributed by atoms with Crippen LogP contribution in [0.3, 0.4) is 0 Å². The minimum atomic E-state index is -0.121. The number of nitrogens with zero attached hydrogens (tertiary/aromatic N) is 4. The van der Waals surface area contributed by atoms with E-state index in [9.17, 15) is 0 Å². The minimum Gasteiger partial charge on any atom is -0.497 e. The van der Waals surface area contributed by atoms with E-state index in [1.807, 2.05) is 89.9 Å². The molecule has 0 amide bonds. The van der Waals surface area contributed by atoms with Gasteiger partial charge in [0.2, 0.25) is 0 Å². The molecule has 176 valence electrons. The highest BCUT2D eigenvalue weighted by Crippen LogP contribution is 2.41. The number of hydrogen-bond acceptors (Lipinski definition) is 7. The molecule has 1 aliphatic rings. The normalized spacial score (nSPS) is 15.0. The van der Waals surface area contributed by atoms with E-state index < -0.39 is 0 Å². The van der Waals surface area contributed by atoms with Gasteiger partial charge in [-0.15, -0.1) is 10.2 Å². The van der Waals surface area contributed by atoms with E-state index in [4.69, 9.17) is 19.3 Å². The molecular weight excluding hydrogens is 440 g/mol. The van der Waals surface area contributed by atoms with Crippen LogP contribution in [0.15, 0.2) is 90.0 Å². The molecule has 1 aromatic heterocycles. The number of aromatic nitrogens is 2. The third-order valence-corrected chi connectivity index (χ3v) is 6.09. The Morgan fingerprint density at radius 3 is 2.11 bits per heavy atom. The molecule has 1 atom stereocenters. The molecule has 1 unspecified atom stereocenters. The van der Waals surface area contributed by atoms with Gasteiger partial charge in [0.25, 0.3) is 0 Å². The second kappa shape index (κ2) is 9.85. The first kappa shape index (κ1) is 22.4. The Morgan fingerprint density at radius 2 is 1.46 bits per heavy atom. The molecule has 7 nitrogen and oxygen atoms in total. The van der Waals surface area contributed by atoms with Gasteiger partial charge < -0.3 is 14.2 Å². The maximum atomic E-state index is 5.72. The quantitative estimate of drug-likeness (QED) is 0.357. The Balaban J connectivity index is 1.54. The summed E-state index contributed by atoms with van der Waals surface area (Å²) in [6.07, 6.45) is 0.678. The average molecular weight is 467 g/mol. The van der Waals surface area contributed by atoms with Crippen molar-refractivity contribution < 1.29 is 14.2 Å². The maximum Gasteiger partial charge on any atom is 0.172 e. The summed E-state index contributed by atoms with van der Waals surface area (Å²) in [7, 11) is 4.97. The highest BCUT2D eigenvalue weighted by Gasteiger charge is 2.33. The van der Waals surface area contributed by atoms with Crippen LogP contribution in [-0.2, 0) is 0 Å². The van der Waals surface area contributed by atoms with E-state index in [0.29, 0.717) is 12.2 Å². The van der Waals surface area contributed by atoms with Crippen molar-refractivity contribution in [3.05, 3.63) is 96.1 Å². The molecule has 1 aliphatic heterocycles. The summed E-state index contributed by atoms with van der Waals surface area (Å²) in [5.41, 5.74) is 4.80. The van der Waals surface area contributed by atoms with Gasteiger partial charge in [-0.3, -0.25) is 0 Å². The molecule has 5 rings (SSSR count). The summed E-state index contributed by atoms with van der Waals surface area (Å²) in [6, 6.07) is 27.6. The third-order valence-electron chi connectivity index (χ3n) is 6.09. The molecule has 0 aliphatic carbocycles. The Kier molecular flexibility index (Phi) is 6.30. The molecule has 35 heavy (non-hydrogen) atoms. The molecule has 0 bridgehead atoms. The van der Waals surface area contributed by atoms with Crippen molar-refractivity contribution in [3.8, 4) is 28.5 Å². The topological polar surface area (TPSA) is 69.1 Å². The Hall–Kier alpha value is -4.39. The average Bonchev–Trinajstić information content (AvgIpc) is 3.38. The molecule has 0 N–H and O–H groups in total. The predicted molar refractivity (Wildman–Crippen MR) is 136 cm³/mol. The van der Waals surface area contributed by atoms with Crippen LogP contribution in [0.1, 0.15) is 23.6 Å². The largest absolute Gasteiger partial charge is 0.497 e. The van der Waals surface area contributed by atoms with Gasteiger partial charge >= 0.3 is 0 Å². The smallest absolute Gasteiger partial charge is 0.172 e. The summed E-state index contributed by atoms with van der Waals surface area (Å²) in [5.74, 6) is 2.94. The molecule has 3 aromatic carbocycles. The zero-order valence-electron chi connectivity index (χ0n) is 19.9. The highest BCUT2D eigenvalue weighted by atomic mass is 16.5. The van der Waals surface area contributed by atoms with Crippen molar-refractivity contribution in [2.24, 2.45) is 5.10 Å². The SMILES string of the molecule is COc1ccc(C2=NN(c3ccc(-c4ccccc4)nn3)C(c3ccc(OC)cc3OC)C2)cc1. The van der Waals surface area contributed by atoms with Crippen LogP contribution in [-0.4, -0.2) is 37.2 Å². The first-order valence-corrected chi connectivity index (χ1v) is 11.3. The monoisotopic (exact) mass is 466 g/mol. The van der Waals surface area contributed by atoms with E-state index in [1.165, 1.54) is 0 Å². The standard InChI is InChI=1S/C28H26N4O3/c1-33-21-11-9-20(10-12-21)25-18-26(23-14-13-22(34-2)17-27(23)35-3)32(31-25)28-16-15-24(29-30-28)19-7-5-4-6-8-19/h4-17,26H,18H2,1-3H3. The maximum absolute atomic E-state index is 5.72. The van der Waals surface area contributed by atoms with Gasteiger partial charge in [-0.1, -0.05) is 30.3 Å². The van der Waals surface area contributed by atoms with E-state index >= 15 is 0 Å². The number of rotatable bonds is 7. The van der Waals surface area contributed by atoms with Gasteiger partial charge in [0.15, 0.2) is 5.82 Å². The summed E-state index contributed by atoms with van der Waals surface area (Å²) in [6.45, 7) is 0. The van der Waals surface area contributed by atoms with Crippen LogP contribution in [0, 0.1) is 0 Å². The lowest BCUT2D eigenvalue weighted by Gasteiger charge is -2.24. The van der Waals surface area contributed by atoms with Crippen molar-refractivity contribution in [2.45, 2.75) is 12.5 Å². The van der Waals surface area contributed by atoms with Crippen LogP contribution in [0.2, 0.25) is 0 Å². The molecule has 2 heterocycles. The molecule has 0 saturated heterocycles. The van der Waals surface area contributed by atoms with Gasteiger partial charge in [0.05, 0.1) is 38.8 Å². The lowest BCUT2D eigenvalue weighted by molar-refractivity contribution is 0.388. The number of anilines is 1. The van der Waals surface area contributed by atoms with Gasteiger partial charge in [-0.2, -0.15) is 5.10 Å². The summed E-state index contributed by atoms with van der Waals surface area (Å²) in [4.78, 5) is 0. The second-order valence-corrected chi connectivity index (χ2v) is 8.09. The molecule has 0 saturated carbocycles. The number of ether oxygens (including phenoxy) is 3. The summed E-state index contributed by atoms with van der Waals surface area (Å²) < 4.78 is 16.4. The fourth-order valence-corrected chi connectivity index (χ4v) is 4.23. The van der Waals surface area contributed by atoms with Gasteiger partial charge in [-0.25, -0.2) is 5.01 Å². The fourth-order valence-electron chi connectivity index (χ4n) is 4.23. The van der Waals surface area contributed by atoms with Crippen LogP contribution in [0.4, 0.5) is 5.82 Å². The van der Waals surface area contributed by atoms with Crippen molar-refractivity contribution in [1.82, 2.24) is 10.2 Å². The van der Waals surface area contributed by atoms with Gasteiger partial charge in [-0.05, 0) is 54.1 Å². The molecule has 0 fully saturated rings. The van der Waals surface area contributed by atoms with Crippen LogP contribution in [0.25, 0.3) is 11.3 Å². The molecule has 4 aromatic rings. The van der Waals surface area contributed by atoms with Gasteiger partial charge in [0.1, 0.15) is 17.2 Å². The van der Waals surface area contributed by atoms with Crippen LogP contribution < -0.4 is 19.2 Å². The van der Waals surface area contributed by atoms with E-state index in [1.54, 1.807) is 21.3 Å². The van der Waals surface area contributed by atoms with E-state index in [2.05, 4.69) is 10.2 Å². The summed E-state index contributed by atoms with van der Waals surface area (Å²) in [5, 5.41) is 15.9.